The zero-order chi connectivity index (χ0) is 13.9. The normalized spacial score (nSPS) is 22.1. The van der Waals surface area contributed by atoms with Gasteiger partial charge in [-0.2, -0.15) is 0 Å². The Balaban J connectivity index is 0.00000161. The molecule has 0 radical (unpaired) electrons. The Bertz CT molecular complexity index is 466. The Morgan fingerprint density at radius 3 is 2.81 bits per heavy atom. The van der Waals surface area contributed by atoms with E-state index in [1.807, 2.05) is 19.2 Å². The number of rotatable bonds is 6. The number of likely N-dealkylation sites (N-methyl/N-ethyl adjacent to an activating group) is 1. The molecule has 0 bridgehead atoms. The van der Waals surface area contributed by atoms with E-state index in [2.05, 4.69) is 16.3 Å². The molecule has 0 spiro atoms. The highest BCUT2D eigenvalue weighted by atomic mass is 35.5. The molecule has 0 aromatic heterocycles. The van der Waals surface area contributed by atoms with Crippen molar-refractivity contribution in [1.29, 1.82) is 0 Å². The minimum absolute atomic E-state index is 0. The molecule has 1 heterocycles. The molecule has 1 aromatic rings. The Labute approximate surface area is 138 Å². The molecule has 1 aromatic carbocycles. The zero-order valence-electron chi connectivity index (χ0n) is 12.5. The standard InChI is InChI=1S/C16H23ClN2O.ClH/c1-18-15-6-7-19(10-15)9-13-8-14(17)4-5-16(13)20-11-12-2-3-12;/h4-5,8,12,15,18H,2-3,6-7,9-11H2,1H3;1H. The Morgan fingerprint density at radius 2 is 2.14 bits per heavy atom. The third-order valence-electron chi connectivity index (χ3n) is 4.27. The topological polar surface area (TPSA) is 24.5 Å². The average Bonchev–Trinajstić information content (AvgIpc) is 3.16. The summed E-state index contributed by atoms with van der Waals surface area (Å²) in [4.78, 5) is 2.47. The van der Waals surface area contributed by atoms with Crippen molar-refractivity contribution in [2.75, 3.05) is 26.7 Å². The molecule has 118 valence electrons. The molecule has 1 saturated carbocycles. The summed E-state index contributed by atoms with van der Waals surface area (Å²) in [5.74, 6) is 1.79. The summed E-state index contributed by atoms with van der Waals surface area (Å²) in [5.41, 5.74) is 1.22. The molecule has 1 N–H and O–H groups in total. The van der Waals surface area contributed by atoms with Crippen LogP contribution < -0.4 is 10.1 Å². The van der Waals surface area contributed by atoms with Gasteiger partial charge in [-0.15, -0.1) is 12.4 Å². The molecule has 2 fully saturated rings. The SMILES string of the molecule is CNC1CCN(Cc2cc(Cl)ccc2OCC2CC2)C1.Cl. The lowest BCUT2D eigenvalue weighted by Gasteiger charge is -2.19. The van der Waals surface area contributed by atoms with Gasteiger partial charge < -0.3 is 10.1 Å². The van der Waals surface area contributed by atoms with E-state index in [-0.39, 0.29) is 12.4 Å². The van der Waals surface area contributed by atoms with Crippen molar-refractivity contribution in [2.45, 2.75) is 31.8 Å². The van der Waals surface area contributed by atoms with Crippen LogP contribution >= 0.6 is 24.0 Å². The molecule has 1 aliphatic heterocycles. The van der Waals surface area contributed by atoms with Crippen LogP contribution in [0.3, 0.4) is 0 Å². The molecule has 2 aliphatic rings. The minimum atomic E-state index is 0. The van der Waals surface area contributed by atoms with Gasteiger partial charge >= 0.3 is 0 Å². The van der Waals surface area contributed by atoms with Crippen molar-refractivity contribution >= 4 is 24.0 Å². The zero-order valence-corrected chi connectivity index (χ0v) is 14.1. The smallest absolute Gasteiger partial charge is 0.123 e. The van der Waals surface area contributed by atoms with Gasteiger partial charge in [-0.25, -0.2) is 0 Å². The van der Waals surface area contributed by atoms with Crippen LogP contribution in [0.2, 0.25) is 5.02 Å². The summed E-state index contributed by atoms with van der Waals surface area (Å²) in [6.45, 7) is 4.03. The predicted molar refractivity (Wildman–Crippen MR) is 89.7 cm³/mol. The van der Waals surface area contributed by atoms with Gasteiger partial charge in [0, 0.05) is 36.3 Å². The van der Waals surface area contributed by atoms with E-state index in [9.17, 15) is 0 Å². The molecule has 5 heteroatoms. The number of nitrogens with zero attached hydrogens (tertiary/aromatic N) is 1. The fourth-order valence-corrected chi connectivity index (χ4v) is 2.95. The van der Waals surface area contributed by atoms with Crippen molar-refractivity contribution in [3.63, 3.8) is 0 Å². The van der Waals surface area contributed by atoms with Gasteiger partial charge in [0.05, 0.1) is 6.61 Å². The van der Waals surface area contributed by atoms with E-state index >= 15 is 0 Å². The molecular weight excluding hydrogens is 307 g/mol. The average molecular weight is 331 g/mol. The summed E-state index contributed by atoms with van der Waals surface area (Å²) in [6, 6.07) is 6.61. The molecule has 1 saturated heterocycles. The third-order valence-corrected chi connectivity index (χ3v) is 4.50. The molecule has 1 aliphatic carbocycles. The summed E-state index contributed by atoms with van der Waals surface area (Å²) in [5, 5.41) is 4.15. The van der Waals surface area contributed by atoms with E-state index in [0.29, 0.717) is 6.04 Å². The highest BCUT2D eigenvalue weighted by Gasteiger charge is 2.24. The van der Waals surface area contributed by atoms with Crippen LogP contribution in [-0.4, -0.2) is 37.7 Å². The van der Waals surface area contributed by atoms with Crippen LogP contribution in [0.25, 0.3) is 0 Å². The largest absolute Gasteiger partial charge is 0.493 e. The molecule has 3 nitrogen and oxygen atoms in total. The fourth-order valence-electron chi connectivity index (χ4n) is 2.76. The number of hydrogen-bond donors (Lipinski definition) is 1. The van der Waals surface area contributed by atoms with Gasteiger partial charge in [-0.05, 0) is 50.4 Å². The minimum Gasteiger partial charge on any atom is -0.493 e. The quantitative estimate of drug-likeness (QED) is 0.865. The van der Waals surface area contributed by atoms with Gasteiger partial charge in [0.15, 0.2) is 0 Å². The van der Waals surface area contributed by atoms with Crippen LogP contribution in [0.15, 0.2) is 18.2 Å². The maximum atomic E-state index is 6.15. The number of hydrogen-bond acceptors (Lipinski definition) is 3. The molecule has 0 amide bonds. The molecule has 1 atom stereocenters. The first kappa shape index (κ1) is 16.9. The summed E-state index contributed by atoms with van der Waals surface area (Å²) >= 11 is 6.15. The second-order valence-corrected chi connectivity index (χ2v) is 6.45. The Kier molecular flexibility index (Phi) is 6.18. The predicted octanol–water partition coefficient (Wildman–Crippen LogP) is 3.34. The first-order valence-corrected chi connectivity index (χ1v) is 7.93. The van der Waals surface area contributed by atoms with Crippen molar-refractivity contribution in [2.24, 2.45) is 5.92 Å². The molecule has 1 unspecified atom stereocenters. The Morgan fingerprint density at radius 1 is 1.33 bits per heavy atom. The molecular formula is C16H24Cl2N2O. The maximum absolute atomic E-state index is 6.15. The molecule has 21 heavy (non-hydrogen) atoms. The maximum Gasteiger partial charge on any atom is 0.123 e. The highest BCUT2D eigenvalue weighted by Crippen LogP contribution is 2.31. The lowest BCUT2D eigenvalue weighted by molar-refractivity contribution is 0.280. The second-order valence-electron chi connectivity index (χ2n) is 6.02. The van der Waals surface area contributed by atoms with Crippen molar-refractivity contribution < 1.29 is 4.74 Å². The van der Waals surface area contributed by atoms with Crippen LogP contribution in [0, 0.1) is 5.92 Å². The van der Waals surface area contributed by atoms with Crippen molar-refractivity contribution in [1.82, 2.24) is 10.2 Å². The number of benzene rings is 1. The fraction of sp³-hybridized carbons (Fsp3) is 0.625. The van der Waals surface area contributed by atoms with Gasteiger partial charge in [0.25, 0.3) is 0 Å². The van der Waals surface area contributed by atoms with E-state index in [0.717, 1.165) is 42.9 Å². The monoisotopic (exact) mass is 330 g/mol. The number of nitrogens with one attached hydrogen (secondary N) is 1. The lowest BCUT2D eigenvalue weighted by Crippen LogP contribution is -2.29. The molecule has 3 rings (SSSR count). The number of likely N-dealkylation sites (tertiary alicyclic amines) is 1. The van der Waals surface area contributed by atoms with E-state index < -0.39 is 0 Å². The van der Waals surface area contributed by atoms with Crippen molar-refractivity contribution in [3.05, 3.63) is 28.8 Å². The lowest BCUT2D eigenvalue weighted by atomic mass is 10.2. The van der Waals surface area contributed by atoms with Gasteiger partial charge in [-0.3, -0.25) is 4.90 Å². The number of ether oxygens (including phenoxy) is 1. The van der Waals surface area contributed by atoms with Gasteiger partial charge in [0.2, 0.25) is 0 Å². The Hall–Kier alpha value is -0.480. The van der Waals surface area contributed by atoms with E-state index in [4.69, 9.17) is 16.3 Å². The van der Waals surface area contributed by atoms with Crippen LogP contribution in [0.1, 0.15) is 24.8 Å². The van der Waals surface area contributed by atoms with Crippen LogP contribution in [-0.2, 0) is 6.54 Å². The van der Waals surface area contributed by atoms with Gasteiger partial charge in [-0.1, -0.05) is 11.6 Å². The van der Waals surface area contributed by atoms with Crippen LogP contribution in [0.4, 0.5) is 0 Å². The third kappa shape index (κ3) is 4.75. The van der Waals surface area contributed by atoms with Gasteiger partial charge in [0.1, 0.15) is 5.75 Å². The second kappa shape index (κ2) is 7.68. The summed E-state index contributed by atoms with van der Waals surface area (Å²) in [6.07, 6.45) is 3.85. The van der Waals surface area contributed by atoms with Crippen LogP contribution in [0.5, 0.6) is 5.75 Å². The first-order chi connectivity index (χ1) is 9.74. The summed E-state index contributed by atoms with van der Waals surface area (Å²) in [7, 11) is 2.04. The first-order valence-electron chi connectivity index (χ1n) is 7.55. The van der Waals surface area contributed by atoms with Crippen molar-refractivity contribution in [3.8, 4) is 5.75 Å². The van der Waals surface area contributed by atoms with E-state index in [1.54, 1.807) is 0 Å². The summed E-state index contributed by atoms with van der Waals surface area (Å²) < 4.78 is 5.98. The van der Waals surface area contributed by atoms with E-state index in [1.165, 1.54) is 24.8 Å². The highest BCUT2D eigenvalue weighted by molar-refractivity contribution is 6.30. The number of halogens is 2.